The first kappa shape index (κ1) is 11.9. The molecule has 4 aliphatic carbocycles. The second-order valence-corrected chi connectivity index (χ2v) is 7.30. The fourth-order valence-electron chi connectivity index (χ4n) is 5.56. The van der Waals surface area contributed by atoms with Gasteiger partial charge in [-0.3, -0.25) is 0 Å². The second kappa shape index (κ2) is 4.05. The van der Waals surface area contributed by atoms with Crippen molar-refractivity contribution in [3.63, 3.8) is 0 Å². The maximum absolute atomic E-state index is 5.63. The summed E-state index contributed by atoms with van der Waals surface area (Å²) in [6, 6.07) is 0.480. The summed E-state index contributed by atoms with van der Waals surface area (Å²) in [5.41, 5.74) is 6.13. The Balaban J connectivity index is 1.63. The van der Waals surface area contributed by atoms with Gasteiger partial charge in [-0.1, -0.05) is 0 Å². The number of nitrogens with two attached hydrogens (primary N) is 1. The Morgan fingerprint density at radius 3 is 2.32 bits per heavy atom. The third kappa shape index (κ3) is 1.76. The molecule has 0 aromatic carbocycles. The van der Waals surface area contributed by atoms with Crippen LogP contribution in [0.1, 0.15) is 57.3 Å². The third-order valence-electron chi connectivity index (χ3n) is 6.11. The van der Waals surface area contributed by atoms with Gasteiger partial charge in [-0.15, -0.1) is 0 Å². The number of nitrogens with zero attached hydrogens (tertiary/aromatic N) is 3. The number of hydrogen-bond acceptors (Lipinski definition) is 3. The molecule has 4 bridgehead atoms. The molecule has 104 valence electrons. The average Bonchev–Trinajstić information content (AvgIpc) is 2.84. The molecule has 1 unspecified atom stereocenters. The van der Waals surface area contributed by atoms with Crippen molar-refractivity contribution in [1.29, 1.82) is 0 Å². The van der Waals surface area contributed by atoms with Crippen molar-refractivity contribution in [2.45, 2.75) is 58.0 Å². The Hall–Kier alpha value is -0.900. The molecule has 5 rings (SSSR count). The topological polar surface area (TPSA) is 56.7 Å². The standard InChI is InChI=1S/C15H24N4/c1-10(19-9-17-14(8-16)18-19)15-5-11-2-12(6-15)4-13(3-11)7-15/h9-13H,2-8,16H2,1H3. The summed E-state index contributed by atoms with van der Waals surface area (Å²) in [5, 5.41) is 4.57. The van der Waals surface area contributed by atoms with E-state index in [1.165, 1.54) is 38.5 Å². The fraction of sp³-hybridized carbons (Fsp3) is 0.867. The van der Waals surface area contributed by atoms with Gasteiger partial charge in [-0.2, -0.15) is 5.10 Å². The van der Waals surface area contributed by atoms with Gasteiger partial charge in [0.25, 0.3) is 0 Å². The number of rotatable bonds is 3. The van der Waals surface area contributed by atoms with E-state index < -0.39 is 0 Å². The minimum Gasteiger partial charge on any atom is -0.324 e. The molecule has 0 spiro atoms. The normalized spacial score (nSPS) is 41.7. The van der Waals surface area contributed by atoms with Crippen molar-refractivity contribution in [2.75, 3.05) is 0 Å². The molecular formula is C15H24N4. The SMILES string of the molecule is CC(n1cnc(CN)n1)C12CC3CC(CC(C3)C1)C2. The van der Waals surface area contributed by atoms with Crippen LogP contribution in [0.2, 0.25) is 0 Å². The van der Waals surface area contributed by atoms with Gasteiger partial charge in [-0.25, -0.2) is 9.67 Å². The van der Waals surface area contributed by atoms with Crippen molar-refractivity contribution in [1.82, 2.24) is 14.8 Å². The molecule has 2 N–H and O–H groups in total. The van der Waals surface area contributed by atoms with Crippen LogP contribution in [0.5, 0.6) is 0 Å². The van der Waals surface area contributed by atoms with Crippen molar-refractivity contribution in [3.05, 3.63) is 12.2 Å². The lowest BCUT2D eigenvalue weighted by atomic mass is 9.48. The molecule has 4 aliphatic rings. The molecule has 1 aromatic heterocycles. The van der Waals surface area contributed by atoms with Gasteiger partial charge in [0.2, 0.25) is 0 Å². The Bertz CT molecular complexity index is 443. The third-order valence-corrected chi connectivity index (χ3v) is 6.11. The molecule has 4 fully saturated rings. The molecule has 0 saturated heterocycles. The zero-order valence-corrected chi connectivity index (χ0v) is 11.8. The Labute approximate surface area is 114 Å². The van der Waals surface area contributed by atoms with E-state index in [2.05, 4.69) is 21.7 Å². The van der Waals surface area contributed by atoms with Crippen LogP contribution in [0.4, 0.5) is 0 Å². The van der Waals surface area contributed by atoms with Gasteiger partial charge < -0.3 is 5.73 Å². The zero-order chi connectivity index (χ0) is 13.0. The molecule has 1 aromatic rings. The summed E-state index contributed by atoms with van der Waals surface area (Å²) in [4.78, 5) is 4.31. The van der Waals surface area contributed by atoms with E-state index in [0.717, 1.165) is 23.6 Å². The average molecular weight is 260 g/mol. The van der Waals surface area contributed by atoms with E-state index >= 15 is 0 Å². The van der Waals surface area contributed by atoms with E-state index in [0.29, 0.717) is 18.0 Å². The lowest BCUT2D eigenvalue weighted by Crippen LogP contribution is -2.49. The predicted octanol–water partition coefficient (Wildman–Crippen LogP) is 2.51. The highest BCUT2D eigenvalue weighted by atomic mass is 15.4. The van der Waals surface area contributed by atoms with Crippen molar-refractivity contribution < 1.29 is 0 Å². The minimum atomic E-state index is 0.445. The van der Waals surface area contributed by atoms with Crippen LogP contribution in [0, 0.1) is 23.2 Å². The van der Waals surface area contributed by atoms with E-state index in [4.69, 9.17) is 5.73 Å². The summed E-state index contributed by atoms with van der Waals surface area (Å²) in [5.74, 6) is 3.75. The number of aromatic nitrogens is 3. The zero-order valence-electron chi connectivity index (χ0n) is 11.8. The van der Waals surface area contributed by atoms with Crippen LogP contribution in [0.15, 0.2) is 6.33 Å². The molecular weight excluding hydrogens is 236 g/mol. The first-order chi connectivity index (χ1) is 9.18. The summed E-state index contributed by atoms with van der Waals surface area (Å²) in [6.45, 7) is 2.79. The first-order valence-electron chi connectivity index (χ1n) is 7.78. The molecule has 19 heavy (non-hydrogen) atoms. The monoisotopic (exact) mass is 260 g/mol. The molecule has 0 amide bonds. The van der Waals surface area contributed by atoms with Gasteiger partial charge >= 0.3 is 0 Å². The van der Waals surface area contributed by atoms with Crippen LogP contribution < -0.4 is 5.73 Å². The van der Waals surface area contributed by atoms with Gasteiger partial charge in [-0.05, 0) is 68.6 Å². The summed E-state index contributed by atoms with van der Waals surface area (Å²) < 4.78 is 2.09. The molecule has 4 saturated carbocycles. The molecule has 4 nitrogen and oxygen atoms in total. The Kier molecular flexibility index (Phi) is 2.53. The van der Waals surface area contributed by atoms with E-state index in [1.807, 2.05) is 6.33 Å². The van der Waals surface area contributed by atoms with Crippen LogP contribution in [-0.2, 0) is 6.54 Å². The van der Waals surface area contributed by atoms with E-state index in [9.17, 15) is 0 Å². The van der Waals surface area contributed by atoms with Crippen LogP contribution in [-0.4, -0.2) is 14.8 Å². The van der Waals surface area contributed by atoms with Gasteiger partial charge in [0, 0.05) is 0 Å². The predicted molar refractivity (Wildman–Crippen MR) is 73.2 cm³/mol. The Morgan fingerprint density at radius 1 is 1.26 bits per heavy atom. The van der Waals surface area contributed by atoms with Crippen LogP contribution in [0.3, 0.4) is 0 Å². The Morgan fingerprint density at radius 2 is 1.84 bits per heavy atom. The minimum absolute atomic E-state index is 0.445. The smallest absolute Gasteiger partial charge is 0.164 e. The maximum Gasteiger partial charge on any atom is 0.164 e. The summed E-state index contributed by atoms with van der Waals surface area (Å²) in [7, 11) is 0. The molecule has 1 heterocycles. The van der Waals surface area contributed by atoms with Gasteiger partial charge in [0.15, 0.2) is 5.82 Å². The van der Waals surface area contributed by atoms with Crippen LogP contribution >= 0.6 is 0 Å². The molecule has 0 aliphatic heterocycles. The van der Waals surface area contributed by atoms with Gasteiger partial charge in [0.05, 0.1) is 12.6 Å². The quantitative estimate of drug-likeness (QED) is 0.908. The second-order valence-electron chi connectivity index (χ2n) is 7.30. The van der Waals surface area contributed by atoms with Gasteiger partial charge in [0.1, 0.15) is 6.33 Å². The summed E-state index contributed by atoms with van der Waals surface area (Å²) >= 11 is 0. The van der Waals surface area contributed by atoms with Crippen molar-refractivity contribution in [2.24, 2.45) is 28.9 Å². The highest BCUT2D eigenvalue weighted by molar-refractivity contribution is 5.04. The van der Waals surface area contributed by atoms with Crippen molar-refractivity contribution >= 4 is 0 Å². The lowest BCUT2D eigenvalue weighted by Gasteiger charge is -2.58. The molecule has 4 heteroatoms. The maximum atomic E-state index is 5.63. The highest BCUT2D eigenvalue weighted by Gasteiger charge is 2.53. The highest BCUT2D eigenvalue weighted by Crippen LogP contribution is 2.63. The summed E-state index contributed by atoms with van der Waals surface area (Å²) in [6.07, 6.45) is 10.6. The number of hydrogen-bond donors (Lipinski definition) is 1. The largest absolute Gasteiger partial charge is 0.324 e. The first-order valence-corrected chi connectivity index (χ1v) is 7.78. The fourth-order valence-corrected chi connectivity index (χ4v) is 5.56. The van der Waals surface area contributed by atoms with E-state index in [-0.39, 0.29) is 0 Å². The van der Waals surface area contributed by atoms with Crippen LogP contribution in [0.25, 0.3) is 0 Å². The van der Waals surface area contributed by atoms with E-state index in [1.54, 1.807) is 0 Å². The lowest BCUT2D eigenvalue weighted by molar-refractivity contribution is -0.0811. The molecule has 1 atom stereocenters. The molecule has 0 radical (unpaired) electrons. The van der Waals surface area contributed by atoms with Crippen molar-refractivity contribution in [3.8, 4) is 0 Å².